The van der Waals surface area contributed by atoms with Crippen LogP contribution in [-0.4, -0.2) is 26.1 Å². The lowest BCUT2D eigenvalue weighted by atomic mass is 9.84. The molecule has 0 saturated carbocycles. The largest absolute Gasteiger partial charge is 0.496 e. The number of ether oxygens (including phenoxy) is 1. The van der Waals surface area contributed by atoms with Gasteiger partial charge in [0, 0.05) is 6.42 Å². The molecule has 1 amide bonds. The molecule has 4 nitrogen and oxygen atoms in total. The van der Waals surface area contributed by atoms with E-state index in [0.717, 1.165) is 28.9 Å². The Kier molecular flexibility index (Phi) is 9.09. The molecular formula is C18H28BrClN2O2. The van der Waals surface area contributed by atoms with Gasteiger partial charge in [-0.15, -0.1) is 12.4 Å². The van der Waals surface area contributed by atoms with Crippen molar-refractivity contribution in [3.8, 4) is 5.75 Å². The molecule has 1 aliphatic rings. The van der Waals surface area contributed by atoms with Crippen molar-refractivity contribution in [3.63, 3.8) is 0 Å². The standard InChI is InChI=1S/C18H27BrN2O2.ClH/c1-12(14-6-8-20-9-7-14)10-18(22)21-13(2)15-4-5-17(23-3)16(19)11-15;/h4-5,11-14,20H,6-10H2,1-3H3,(H,21,22);1H. The van der Waals surface area contributed by atoms with Gasteiger partial charge < -0.3 is 15.4 Å². The van der Waals surface area contributed by atoms with Crippen molar-refractivity contribution in [3.05, 3.63) is 28.2 Å². The molecule has 2 rings (SSSR count). The molecule has 0 spiro atoms. The lowest BCUT2D eigenvalue weighted by molar-refractivity contribution is -0.123. The van der Waals surface area contributed by atoms with Gasteiger partial charge in [-0.3, -0.25) is 4.79 Å². The van der Waals surface area contributed by atoms with Gasteiger partial charge in [-0.1, -0.05) is 13.0 Å². The molecular weight excluding hydrogens is 392 g/mol. The fraction of sp³-hybridized carbons (Fsp3) is 0.611. The molecule has 2 N–H and O–H groups in total. The number of benzene rings is 1. The van der Waals surface area contributed by atoms with Crippen LogP contribution in [0.5, 0.6) is 5.75 Å². The maximum Gasteiger partial charge on any atom is 0.220 e. The zero-order valence-corrected chi connectivity index (χ0v) is 17.0. The van der Waals surface area contributed by atoms with E-state index < -0.39 is 0 Å². The molecule has 0 aliphatic carbocycles. The second-order valence-electron chi connectivity index (χ2n) is 6.45. The molecule has 1 saturated heterocycles. The number of nitrogens with one attached hydrogen (secondary N) is 2. The summed E-state index contributed by atoms with van der Waals surface area (Å²) in [6.07, 6.45) is 2.96. The summed E-state index contributed by atoms with van der Waals surface area (Å²) in [5.74, 6) is 2.03. The van der Waals surface area contributed by atoms with Gasteiger partial charge >= 0.3 is 0 Å². The van der Waals surface area contributed by atoms with Crippen LogP contribution in [0.25, 0.3) is 0 Å². The third-order valence-electron chi connectivity index (χ3n) is 4.75. The first-order valence-electron chi connectivity index (χ1n) is 8.34. The first-order chi connectivity index (χ1) is 11.0. The zero-order chi connectivity index (χ0) is 16.8. The van der Waals surface area contributed by atoms with E-state index in [0.29, 0.717) is 18.3 Å². The van der Waals surface area contributed by atoms with E-state index in [4.69, 9.17) is 4.74 Å². The predicted molar refractivity (Wildman–Crippen MR) is 104 cm³/mol. The number of rotatable bonds is 6. The van der Waals surface area contributed by atoms with Gasteiger partial charge in [-0.25, -0.2) is 0 Å². The number of carbonyl (C=O) groups excluding carboxylic acids is 1. The highest BCUT2D eigenvalue weighted by molar-refractivity contribution is 9.10. The number of carbonyl (C=O) groups is 1. The van der Waals surface area contributed by atoms with Crippen molar-refractivity contribution >= 4 is 34.2 Å². The molecule has 24 heavy (non-hydrogen) atoms. The zero-order valence-electron chi connectivity index (χ0n) is 14.6. The van der Waals surface area contributed by atoms with Gasteiger partial charge in [0.05, 0.1) is 17.6 Å². The lowest BCUT2D eigenvalue weighted by Gasteiger charge is -2.28. The number of halogens is 2. The molecule has 2 unspecified atom stereocenters. The van der Waals surface area contributed by atoms with Gasteiger partial charge in [0.15, 0.2) is 0 Å². The lowest BCUT2D eigenvalue weighted by Crippen LogP contribution is -2.34. The molecule has 0 radical (unpaired) electrons. The van der Waals surface area contributed by atoms with Crippen LogP contribution in [-0.2, 0) is 4.79 Å². The Morgan fingerprint density at radius 2 is 2.04 bits per heavy atom. The van der Waals surface area contributed by atoms with E-state index in [1.54, 1.807) is 7.11 Å². The van der Waals surface area contributed by atoms with Crippen LogP contribution in [0.15, 0.2) is 22.7 Å². The normalized spacial score (nSPS) is 17.5. The molecule has 1 aliphatic heterocycles. The van der Waals surface area contributed by atoms with E-state index >= 15 is 0 Å². The molecule has 1 aromatic carbocycles. The Bertz CT molecular complexity index is 536. The van der Waals surface area contributed by atoms with E-state index in [9.17, 15) is 4.79 Å². The molecule has 1 fully saturated rings. The minimum Gasteiger partial charge on any atom is -0.496 e. The molecule has 2 atom stereocenters. The summed E-state index contributed by atoms with van der Waals surface area (Å²) in [5, 5.41) is 6.49. The van der Waals surface area contributed by atoms with Crippen molar-refractivity contribution in [1.82, 2.24) is 10.6 Å². The number of methoxy groups -OCH3 is 1. The Hall–Kier alpha value is -0.780. The molecule has 1 aromatic rings. The number of piperidine rings is 1. The Morgan fingerprint density at radius 1 is 1.38 bits per heavy atom. The molecule has 6 heteroatoms. The van der Waals surface area contributed by atoms with Gasteiger partial charge in [-0.2, -0.15) is 0 Å². The number of hydrogen-bond acceptors (Lipinski definition) is 3. The topological polar surface area (TPSA) is 50.4 Å². The summed E-state index contributed by atoms with van der Waals surface area (Å²) in [4.78, 5) is 12.3. The van der Waals surface area contributed by atoms with E-state index in [1.807, 2.05) is 25.1 Å². The summed E-state index contributed by atoms with van der Waals surface area (Å²) in [6, 6.07) is 5.90. The average molecular weight is 420 g/mol. The summed E-state index contributed by atoms with van der Waals surface area (Å²) in [5.41, 5.74) is 1.07. The predicted octanol–water partition coefficient (Wildman–Crippen LogP) is 4.08. The summed E-state index contributed by atoms with van der Waals surface area (Å²) < 4.78 is 6.15. The van der Waals surface area contributed by atoms with Crippen LogP contribution in [0, 0.1) is 11.8 Å². The first-order valence-corrected chi connectivity index (χ1v) is 9.14. The quantitative estimate of drug-likeness (QED) is 0.730. The van der Waals surface area contributed by atoms with Crippen LogP contribution in [0.2, 0.25) is 0 Å². The summed E-state index contributed by atoms with van der Waals surface area (Å²) in [6.45, 7) is 6.37. The maximum atomic E-state index is 12.3. The third kappa shape index (κ3) is 5.94. The van der Waals surface area contributed by atoms with Gasteiger partial charge in [0.25, 0.3) is 0 Å². The highest BCUT2D eigenvalue weighted by Crippen LogP contribution is 2.28. The maximum absolute atomic E-state index is 12.3. The fourth-order valence-corrected chi connectivity index (χ4v) is 3.77. The summed E-state index contributed by atoms with van der Waals surface area (Å²) >= 11 is 3.49. The van der Waals surface area contributed by atoms with Crippen LogP contribution in [0.3, 0.4) is 0 Å². The summed E-state index contributed by atoms with van der Waals surface area (Å²) in [7, 11) is 1.65. The molecule has 136 valence electrons. The number of hydrogen-bond donors (Lipinski definition) is 2. The average Bonchev–Trinajstić information content (AvgIpc) is 2.55. The third-order valence-corrected chi connectivity index (χ3v) is 5.37. The van der Waals surface area contributed by atoms with Crippen molar-refractivity contribution < 1.29 is 9.53 Å². The monoisotopic (exact) mass is 418 g/mol. The van der Waals surface area contributed by atoms with Crippen molar-refractivity contribution in [2.75, 3.05) is 20.2 Å². The first kappa shape index (κ1) is 21.3. The molecule has 0 bridgehead atoms. The highest BCUT2D eigenvalue weighted by atomic mass is 79.9. The second-order valence-corrected chi connectivity index (χ2v) is 7.31. The van der Waals surface area contributed by atoms with Crippen molar-refractivity contribution in [1.29, 1.82) is 0 Å². The second kappa shape index (κ2) is 10.3. The van der Waals surface area contributed by atoms with Gasteiger partial charge in [-0.05, 0) is 78.3 Å². The van der Waals surface area contributed by atoms with E-state index in [-0.39, 0.29) is 24.4 Å². The molecule has 0 aromatic heterocycles. The van der Waals surface area contributed by atoms with Crippen molar-refractivity contribution in [2.24, 2.45) is 11.8 Å². The van der Waals surface area contributed by atoms with Crippen molar-refractivity contribution in [2.45, 2.75) is 39.2 Å². The number of amides is 1. The van der Waals surface area contributed by atoms with Gasteiger partial charge in [0.2, 0.25) is 5.91 Å². The molecule has 1 heterocycles. The van der Waals surface area contributed by atoms with E-state index in [1.165, 1.54) is 12.8 Å². The van der Waals surface area contributed by atoms with Crippen LogP contribution < -0.4 is 15.4 Å². The smallest absolute Gasteiger partial charge is 0.220 e. The van der Waals surface area contributed by atoms with Gasteiger partial charge in [0.1, 0.15) is 5.75 Å². The van der Waals surface area contributed by atoms with Crippen LogP contribution in [0.4, 0.5) is 0 Å². The Labute approximate surface area is 159 Å². The Balaban J connectivity index is 0.00000288. The fourth-order valence-electron chi connectivity index (χ4n) is 3.21. The minimum atomic E-state index is -0.00933. The highest BCUT2D eigenvalue weighted by Gasteiger charge is 2.22. The van der Waals surface area contributed by atoms with Crippen LogP contribution in [0.1, 0.15) is 44.7 Å². The SMILES string of the molecule is COc1ccc(C(C)NC(=O)CC(C)C2CCNCC2)cc1Br.Cl. The van der Waals surface area contributed by atoms with E-state index in [2.05, 4.69) is 33.5 Å². The Morgan fingerprint density at radius 3 is 2.62 bits per heavy atom. The van der Waals surface area contributed by atoms with Crippen LogP contribution >= 0.6 is 28.3 Å². The minimum absolute atomic E-state index is 0.